The zero-order valence-corrected chi connectivity index (χ0v) is 9.78. The van der Waals surface area contributed by atoms with Crippen LogP contribution in [0.25, 0.3) is 0 Å². The van der Waals surface area contributed by atoms with Crippen LogP contribution in [0.2, 0.25) is 0 Å². The average Bonchev–Trinajstić information content (AvgIpc) is 2.17. The maximum Gasteiger partial charge on any atom is 0.255 e. The zero-order chi connectivity index (χ0) is 12.1. The average molecular weight is 223 g/mol. The third-order valence-corrected chi connectivity index (χ3v) is 2.11. The van der Waals surface area contributed by atoms with Crippen LogP contribution in [0, 0.1) is 6.92 Å². The minimum Gasteiger partial charge on any atom is -0.398 e. The first-order valence-electron chi connectivity index (χ1n) is 5.06. The number of aryl methyl sites for hydroxylation is 1. The van der Waals surface area contributed by atoms with Gasteiger partial charge in [-0.05, 0) is 19.9 Å². The molecule has 0 aliphatic rings. The summed E-state index contributed by atoms with van der Waals surface area (Å²) in [7, 11) is 1.59. The molecule has 0 fully saturated rings. The van der Waals surface area contributed by atoms with Gasteiger partial charge in [-0.15, -0.1) is 0 Å². The molecule has 0 aliphatic carbocycles. The number of nitrogens with one attached hydrogen (secondary N) is 1. The minimum absolute atomic E-state index is 0.0572. The van der Waals surface area contributed by atoms with Crippen LogP contribution in [0.5, 0.6) is 0 Å². The van der Waals surface area contributed by atoms with Gasteiger partial charge in [0, 0.05) is 30.7 Å². The van der Waals surface area contributed by atoms with E-state index in [4.69, 9.17) is 10.5 Å². The number of hydrogen-bond acceptors (Lipinski definition) is 4. The Morgan fingerprint density at radius 2 is 2.38 bits per heavy atom. The maximum absolute atomic E-state index is 11.8. The molecule has 0 saturated heterocycles. The monoisotopic (exact) mass is 223 g/mol. The number of nitrogens with two attached hydrogens (primary N) is 1. The van der Waals surface area contributed by atoms with E-state index in [1.807, 2.05) is 13.8 Å². The summed E-state index contributed by atoms with van der Waals surface area (Å²) in [6, 6.07) is 1.62. The number of anilines is 1. The third kappa shape index (κ3) is 3.20. The summed E-state index contributed by atoms with van der Waals surface area (Å²) in [5.74, 6) is -0.227. The van der Waals surface area contributed by atoms with E-state index < -0.39 is 0 Å². The van der Waals surface area contributed by atoms with E-state index in [-0.39, 0.29) is 11.9 Å². The SMILES string of the molecule is COCC(C)NC(=O)c1cnc(C)cc1N. The second kappa shape index (κ2) is 5.46. The lowest BCUT2D eigenvalue weighted by Gasteiger charge is -2.13. The fourth-order valence-corrected chi connectivity index (χ4v) is 1.36. The topological polar surface area (TPSA) is 77.2 Å². The standard InChI is InChI=1S/C11H17N3O2/c1-7-4-10(12)9(5-13-7)11(15)14-8(2)6-16-3/h4-5,8H,6H2,1-3H3,(H2,12,13)(H,14,15). The number of pyridine rings is 1. The molecule has 0 bridgehead atoms. The highest BCUT2D eigenvalue weighted by Gasteiger charge is 2.12. The maximum atomic E-state index is 11.8. The van der Waals surface area contributed by atoms with Crippen molar-refractivity contribution in [1.29, 1.82) is 0 Å². The van der Waals surface area contributed by atoms with Crippen molar-refractivity contribution >= 4 is 11.6 Å². The number of aromatic nitrogens is 1. The van der Waals surface area contributed by atoms with Crippen LogP contribution in [-0.2, 0) is 4.74 Å². The fraction of sp³-hybridized carbons (Fsp3) is 0.455. The molecule has 1 amide bonds. The summed E-state index contributed by atoms with van der Waals surface area (Å²) in [4.78, 5) is 15.8. The molecule has 5 heteroatoms. The van der Waals surface area contributed by atoms with Crippen molar-refractivity contribution in [3.05, 3.63) is 23.5 Å². The van der Waals surface area contributed by atoms with Gasteiger partial charge < -0.3 is 15.8 Å². The van der Waals surface area contributed by atoms with Gasteiger partial charge in [-0.3, -0.25) is 9.78 Å². The van der Waals surface area contributed by atoms with E-state index in [2.05, 4.69) is 10.3 Å². The van der Waals surface area contributed by atoms with E-state index in [1.165, 1.54) is 6.20 Å². The lowest BCUT2D eigenvalue weighted by molar-refractivity contribution is 0.0906. The highest BCUT2D eigenvalue weighted by Crippen LogP contribution is 2.11. The molecular weight excluding hydrogens is 206 g/mol. The highest BCUT2D eigenvalue weighted by atomic mass is 16.5. The zero-order valence-electron chi connectivity index (χ0n) is 9.78. The van der Waals surface area contributed by atoms with Gasteiger partial charge in [-0.25, -0.2) is 0 Å². The van der Waals surface area contributed by atoms with Crippen molar-refractivity contribution in [2.75, 3.05) is 19.5 Å². The summed E-state index contributed by atoms with van der Waals surface area (Å²) >= 11 is 0. The van der Waals surface area contributed by atoms with Crippen LogP contribution in [0.4, 0.5) is 5.69 Å². The largest absolute Gasteiger partial charge is 0.398 e. The number of rotatable bonds is 4. The first-order chi connectivity index (χ1) is 7.54. The van der Waals surface area contributed by atoms with Crippen molar-refractivity contribution in [3.63, 3.8) is 0 Å². The minimum atomic E-state index is -0.227. The number of carbonyl (C=O) groups is 1. The van der Waals surface area contributed by atoms with Gasteiger partial charge in [0.1, 0.15) is 0 Å². The van der Waals surface area contributed by atoms with Crippen molar-refractivity contribution < 1.29 is 9.53 Å². The first kappa shape index (κ1) is 12.4. The molecule has 0 aliphatic heterocycles. The van der Waals surface area contributed by atoms with Gasteiger partial charge in [0.2, 0.25) is 0 Å². The number of hydrogen-bond donors (Lipinski definition) is 2. The summed E-state index contributed by atoms with van der Waals surface area (Å²) in [6.07, 6.45) is 1.49. The summed E-state index contributed by atoms with van der Waals surface area (Å²) in [6.45, 7) is 4.15. The molecular formula is C11H17N3O2. The van der Waals surface area contributed by atoms with E-state index in [1.54, 1.807) is 13.2 Å². The molecule has 1 atom stereocenters. The molecule has 88 valence electrons. The molecule has 1 aromatic rings. The van der Waals surface area contributed by atoms with Crippen LogP contribution < -0.4 is 11.1 Å². The Bertz CT molecular complexity index is 379. The van der Waals surface area contributed by atoms with Crippen molar-refractivity contribution in [2.24, 2.45) is 0 Å². The number of nitrogen functional groups attached to an aromatic ring is 1. The summed E-state index contributed by atoms with van der Waals surface area (Å²) < 4.78 is 4.93. The molecule has 0 aromatic carbocycles. The van der Waals surface area contributed by atoms with Crippen LogP contribution in [0.1, 0.15) is 23.0 Å². The van der Waals surface area contributed by atoms with Crippen molar-refractivity contribution in [1.82, 2.24) is 10.3 Å². The number of carbonyl (C=O) groups excluding carboxylic acids is 1. The molecule has 1 aromatic heterocycles. The smallest absolute Gasteiger partial charge is 0.255 e. The Kier molecular flexibility index (Phi) is 4.25. The normalized spacial score (nSPS) is 12.2. The van der Waals surface area contributed by atoms with E-state index in [9.17, 15) is 4.79 Å². The van der Waals surface area contributed by atoms with Gasteiger partial charge in [-0.1, -0.05) is 0 Å². The molecule has 16 heavy (non-hydrogen) atoms. The van der Waals surface area contributed by atoms with Crippen LogP contribution >= 0.6 is 0 Å². The molecule has 0 radical (unpaired) electrons. The number of methoxy groups -OCH3 is 1. The van der Waals surface area contributed by atoms with Crippen molar-refractivity contribution in [2.45, 2.75) is 19.9 Å². The first-order valence-corrected chi connectivity index (χ1v) is 5.06. The molecule has 1 heterocycles. The quantitative estimate of drug-likeness (QED) is 0.789. The van der Waals surface area contributed by atoms with Gasteiger partial charge in [0.25, 0.3) is 5.91 Å². The summed E-state index contributed by atoms with van der Waals surface area (Å²) in [5.41, 5.74) is 7.37. The Morgan fingerprint density at radius 3 is 2.94 bits per heavy atom. The van der Waals surface area contributed by atoms with Crippen LogP contribution in [0.15, 0.2) is 12.3 Å². The van der Waals surface area contributed by atoms with Gasteiger partial charge in [0.15, 0.2) is 0 Å². The van der Waals surface area contributed by atoms with Crippen LogP contribution in [0.3, 0.4) is 0 Å². The van der Waals surface area contributed by atoms with Crippen molar-refractivity contribution in [3.8, 4) is 0 Å². The third-order valence-electron chi connectivity index (χ3n) is 2.11. The molecule has 0 saturated carbocycles. The fourth-order valence-electron chi connectivity index (χ4n) is 1.36. The van der Waals surface area contributed by atoms with Crippen LogP contribution in [-0.4, -0.2) is 30.6 Å². The predicted octanol–water partition coefficient (Wildman–Crippen LogP) is 0.737. The lowest BCUT2D eigenvalue weighted by atomic mass is 10.2. The van der Waals surface area contributed by atoms with Gasteiger partial charge in [-0.2, -0.15) is 0 Å². The molecule has 1 rings (SSSR count). The number of ether oxygens (including phenoxy) is 1. The second-order valence-electron chi connectivity index (χ2n) is 3.74. The Morgan fingerprint density at radius 1 is 1.69 bits per heavy atom. The Balaban J connectivity index is 2.73. The molecule has 0 spiro atoms. The molecule has 3 N–H and O–H groups in total. The highest BCUT2D eigenvalue weighted by molar-refractivity contribution is 5.98. The van der Waals surface area contributed by atoms with Gasteiger partial charge in [0.05, 0.1) is 12.2 Å². The second-order valence-corrected chi connectivity index (χ2v) is 3.74. The van der Waals surface area contributed by atoms with E-state index in [0.29, 0.717) is 17.9 Å². The van der Waals surface area contributed by atoms with E-state index in [0.717, 1.165) is 5.69 Å². The number of nitrogens with zero attached hydrogens (tertiary/aromatic N) is 1. The molecule has 5 nitrogen and oxygen atoms in total. The summed E-state index contributed by atoms with van der Waals surface area (Å²) in [5, 5.41) is 2.77. The number of amides is 1. The predicted molar refractivity (Wildman–Crippen MR) is 62.2 cm³/mol. The Labute approximate surface area is 95.0 Å². The molecule has 1 unspecified atom stereocenters. The van der Waals surface area contributed by atoms with Gasteiger partial charge >= 0.3 is 0 Å². The Hall–Kier alpha value is -1.62. The lowest BCUT2D eigenvalue weighted by Crippen LogP contribution is -2.36. The van der Waals surface area contributed by atoms with E-state index >= 15 is 0 Å².